The molecule has 0 aromatic carbocycles. The van der Waals surface area contributed by atoms with E-state index in [0.717, 1.165) is 89.9 Å². The van der Waals surface area contributed by atoms with Gasteiger partial charge >= 0.3 is 17.9 Å². The Bertz CT molecular complexity index is 1240. The van der Waals surface area contributed by atoms with Crippen molar-refractivity contribution in [1.29, 1.82) is 0 Å². The van der Waals surface area contributed by atoms with Crippen LogP contribution in [0.2, 0.25) is 0 Å². The average Bonchev–Trinajstić information content (AvgIpc) is 3.28. The predicted octanol–water partition coefficient (Wildman–Crippen LogP) is 17.2. The average molecular weight is 877 g/mol. The number of hydrogen-bond donors (Lipinski definition) is 0. The number of carbonyl (C=O) groups is 3. The van der Waals surface area contributed by atoms with E-state index in [-0.39, 0.29) is 31.1 Å². The Morgan fingerprint density at radius 2 is 0.635 bits per heavy atom. The second-order valence-corrected chi connectivity index (χ2v) is 17.0. The number of unbranched alkanes of at least 4 members (excludes halogenated alkanes) is 21. The number of esters is 3. The maximum absolute atomic E-state index is 12.8. The van der Waals surface area contributed by atoms with Gasteiger partial charge in [-0.15, -0.1) is 0 Å². The van der Waals surface area contributed by atoms with Gasteiger partial charge in [-0.3, -0.25) is 14.4 Å². The van der Waals surface area contributed by atoms with Crippen molar-refractivity contribution in [2.24, 2.45) is 0 Å². The smallest absolute Gasteiger partial charge is 0.306 e. The van der Waals surface area contributed by atoms with Crippen molar-refractivity contribution in [3.05, 3.63) is 85.1 Å². The molecule has 63 heavy (non-hydrogen) atoms. The van der Waals surface area contributed by atoms with Crippen molar-refractivity contribution in [3.8, 4) is 0 Å². The van der Waals surface area contributed by atoms with Gasteiger partial charge in [0.25, 0.3) is 0 Å². The van der Waals surface area contributed by atoms with Crippen LogP contribution in [0.25, 0.3) is 0 Å². The van der Waals surface area contributed by atoms with E-state index in [1.54, 1.807) is 0 Å². The highest BCUT2D eigenvalue weighted by Crippen LogP contribution is 2.13. The van der Waals surface area contributed by atoms with Crippen molar-refractivity contribution in [1.82, 2.24) is 0 Å². The van der Waals surface area contributed by atoms with Crippen LogP contribution < -0.4 is 0 Å². The van der Waals surface area contributed by atoms with Crippen molar-refractivity contribution in [2.75, 3.05) is 13.2 Å². The number of hydrogen-bond acceptors (Lipinski definition) is 6. The van der Waals surface area contributed by atoms with Crippen molar-refractivity contribution in [3.63, 3.8) is 0 Å². The summed E-state index contributed by atoms with van der Waals surface area (Å²) in [4.78, 5) is 37.9. The molecule has 0 heterocycles. The van der Waals surface area contributed by atoms with E-state index in [1.807, 2.05) is 0 Å². The van der Waals surface area contributed by atoms with Crippen LogP contribution in [0.1, 0.15) is 239 Å². The third kappa shape index (κ3) is 49.5. The first-order valence-electron chi connectivity index (χ1n) is 26.1. The number of allylic oxidation sites excluding steroid dienone is 14. The fourth-order valence-electron chi connectivity index (χ4n) is 6.94. The Labute approximate surface area is 388 Å². The molecule has 0 aliphatic carbocycles. The Morgan fingerprint density at radius 3 is 1.08 bits per heavy atom. The molecular formula is C57H96O6. The molecule has 6 nitrogen and oxygen atoms in total. The molecule has 1 atom stereocenters. The summed E-state index contributed by atoms with van der Waals surface area (Å²) in [5.41, 5.74) is 0. The van der Waals surface area contributed by atoms with Gasteiger partial charge in [-0.2, -0.15) is 0 Å². The van der Waals surface area contributed by atoms with E-state index in [2.05, 4.69) is 106 Å². The lowest BCUT2D eigenvalue weighted by molar-refractivity contribution is -0.167. The second kappa shape index (κ2) is 51.2. The lowest BCUT2D eigenvalue weighted by Crippen LogP contribution is -2.30. The molecule has 0 spiro atoms. The van der Waals surface area contributed by atoms with Gasteiger partial charge in [0.05, 0.1) is 0 Å². The molecule has 360 valence electrons. The minimum atomic E-state index is -0.802. The maximum atomic E-state index is 12.8. The molecule has 0 aromatic rings. The third-order valence-corrected chi connectivity index (χ3v) is 10.9. The Morgan fingerprint density at radius 1 is 0.333 bits per heavy atom. The lowest BCUT2D eigenvalue weighted by atomic mass is 10.1. The minimum Gasteiger partial charge on any atom is -0.462 e. The number of carbonyl (C=O) groups excluding carboxylic acids is 3. The first-order chi connectivity index (χ1) is 31.0. The minimum absolute atomic E-state index is 0.104. The largest absolute Gasteiger partial charge is 0.462 e. The standard InChI is InChI=1S/C57H96O6/c1-4-7-10-13-16-19-21-23-25-27-28-30-31-33-35-38-41-44-47-50-56(59)62-53-54(52-61-55(58)49-46-43-40-37-18-15-12-9-6-3)63-57(60)51-48-45-42-39-36-34-32-29-26-24-22-20-17-14-11-8-5-2/h7,10,16,19,23-26,28,30,33,35,37,40,54H,4-6,8-9,11-15,17-18,20-22,27,29,31-32,34,36,38-39,41-53H2,1-3H3/b10-7-,19-16-,25-23-,26-24-,30-28-,35-33-,40-37-. The van der Waals surface area contributed by atoms with E-state index in [1.165, 1.54) is 103 Å². The monoisotopic (exact) mass is 877 g/mol. The van der Waals surface area contributed by atoms with Gasteiger partial charge in [0.2, 0.25) is 0 Å². The van der Waals surface area contributed by atoms with E-state index in [4.69, 9.17) is 14.2 Å². The van der Waals surface area contributed by atoms with Crippen LogP contribution in [0.5, 0.6) is 0 Å². The molecule has 0 bridgehead atoms. The molecule has 1 unspecified atom stereocenters. The highest BCUT2D eigenvalue weighted by Gasteiger charge is 2.19. The number of ether oxygens (including phenoxy) is 3. The van der Waals surface area contributed by atoms with Crippen LogP contribution in [0, 0.1) is 0 Å². The van der Waals surface area contributed by atoms with E-state index in [0.29, 0.717) is 25.7 Å². The van der Waals surface area contributed by atoms with Crippen LogP contribution in [0.3, 0.4) is 0 Å². The molecule has 0 saturated heterocycles. The summed E-state index contributed by atoms with van der Waals surface area (Å²) in [6.07, 6.45) is 65.8. The summed E-state index contributed by atoms with van der Waals surface area (Å²) in [6, 6.07) is 0. The lowest BCUT2D eigenvalue weighted by Gasteiger charge is -2.18. The molecule has 0 saturated carbocycles. The zero-order valence-electron chi connectivity index (χ0n) is 41.1. The molecular weight excluding hydrogens is 781 g/mol. The van der Waals surface area contributed by atoms with Gasteiger partial charge in [-0.05, 0) is 109 Å². The van der Waals surface area contributed by atoms with Crippen LogP contribution in [0.15, 0.2) is 85.1 Å². The first-order valence-corrected chi connectivity index (χ1v) is 26.1. The summed E-state index contributed by atoms with van der Waals surface area (Å²) in [7, 11) is 0. The van der Waals surface area contributed by atoms with Gasteiger partial charge in [-0.1, -0.05) is 196 Å². The zero-order chi connectivity index (χ0) is 45.8. The van der Waals surface area contributed by atoms with Crippen molar-refractivity contribution >= 4 is 17.9 Å². The van der Waals surface area contributed by atoms with Crippen LogP contribution in [-0.4, -0.2) is 37.2 Å². The van der Waals surface area contributed by atoms with E-state index in [9.17, 15) is 14.4 Å². The molecule has 0 aliphatic rings. The van der Waals surface area contributed by atoms with Gasteiger partial charge in [-0.25, -0.2) is 0 Å². The maximum Gasteiger partial charge on any atom is 0.306 e. The third-order valence-electron chi connectivity index (χ3n) is 10.9. The summed E-state index contributed by atoms with van der Waals surface area (Å²) >= 11 is 0. The summed E-state index contributed by atoms with van der Waals surface area (Å²) in [5.74, 6) is -0.975. The molecule has 0 N–H and O–H groups in total. The predicted molar refractivity (Wildman–Crippen MR) is 270 cm³/mol. The Balaban J connectivity index is 4.41. The highest BCUT2D eigenvalue weighted by molar-refractivity contribution is 5.71. The van der Waals surface area contributed by atoms with Crippen molar-refractivity contribution in [2.45, 2.75) is 245 Å². The number of rotatable bonds is 46. The highest BCUT2D eigenvalue weighted by atomic mass is 16.6. The first kappa shape index (κ1) is 59.6. The second-order valence-electron chi connectivity index (χ2n) is 17.0. The topological polar surface area (TPSA) is 78.9 Å². The van der Waals surface area contributed by atoms with Gasteiger partial charge in [0, 0.05) is 19.3 Å². The molecule has 0 rings (SSSR count). The van der Waals surface area contributed by atoms with E-state index >= 15 is 0 Å². The molecule has 0 aromatic heterocycles. The zero-order valence-corrected chi connectivity index (χ0v) is 41.1. The summed E-state index contributed by atoms with van der Waals surface area (Å²) in [6.45, 7) is 6.42. The van der Waals surface area contributed by atoms with Crippen molar-refractivity contribution < 1.29 is 28.6 Å². The summed E-state index contributed by atoms with van der Waals surface area (Å²) < 4.78 is 16.7. The normalized spacial score (nSPS) is 12.7. The molecule has 0 aliphatic heterocycles. The van der Waals surface area contributed by atoms with Crippen LogP contribution in [0.4, 0.5) is 0 Å². The van der Waals surface area contributed by atoms with Crippen LogP contribution in [-0.2, 0) is 28.6 Å². The molecule has 0 fully saturated rings. The Kier molecular flexibility index (Phi) is 48.5. The van der Waals surface area contributed by atoms with Gasteiger partial charge in [0.1, 0.15) is 13.2 Å². The van der Waals surface area contributed by atoms with Crippen LogP contribution >= 0.6 is 0 Å². The molecule has 0 radical (unpaired) electrons. The summed E-state index contributed by atoms with van der Waals surface area (Å²) in [5, 5.41) is 0. The van der Waals surface area contributed by atoms with Gasteiger partial charge in [0.15, 0.2) is 6.10 Å². The fourth-order valence-corrected chi connectivity index (χ4v) is 6.94. The van der Waals surface area contributed by atoms with E-state index < -0.39 is 6.10 Å². The molecule has 0 amide bonds. The fraction of sp³-hybridized carbons (Fsp3) is 0.702. The Hall–Kier alpha value is -3.41. The van der Waals surface area contributed by atoms with Gasteiger partial charge < -0.3 is 14.2 Å². The molecule has 6 heteroatoms. The quantitative estimate of drug-likeness (QED) is 0.0262. The SMILES string of the molecule is CC/C=C\C/C=C\C/C=C\C/C=C\C/C=C\CCCCCC(=O)OCC(COC(=O)CCC/C=C\CCCCCC)OC(=O)CCCCCCCCC/C=C\CCCCCCCC.